The largest absolute Gasteiger partial charge is 0.353 e. The van der Waals surface area contributed by atoms with E-state index >= 15 is 0 Å². The molecule has 1 aromatic carbocycles. The zero-order valence-corrected chi connectivity index (χ0v) is 16.7. The van der Waals surface area contributed by atoms with Crippen LogP contribution in [0.15, 0.2) is 27.7 Å². The van der Waals surface area contributed by atoms with Crippen LogP contribution in [0.3, 0.4) is 0 Å². The fourth-order valence-corrected chi connectivity index (χ4v) is 4.21. The van der Waals surface area contributed by atoms with Crippen LogP contribution in [0.1, 0.15) is 12.0 Å². The molecule has 0 saturated carbocycles. The average molecular weight is 506 g/mol. The van der Waals surface area contributed by atoms with Crippen LogP contribution in [0.25, 0.3) is 0 Å². The van der Waals surface area contributed by atoms with E-state index in [0.29, 0.717) is 18.9 Å². The molecular weight excluding hydrogens is 488 g/mol. The Bertz CT molecular complexity index is 655. The molecule has 1 atom stereocenters. The van der Waals surface area contributed by atoms with Gasteiger partial charge in [-0.1, -0.05) is 15.9 Å². The average Bonchev–Trinajstić information content (AvgIpc) is 2.77. The smallest absolute Gasteiger partial charge is 0.191 e. The first-order valence-corrected chi connectivity index (χ1v) is 9.12. The third-order valence-corrected chi connectivity index (χ3v) is 5.79. The summed E-state index contributed by atoms with van der Waals surface area (Å²) in [4.78, 5) is 4.06. The van der Waals surface area contributed by atoms with Crippen molar-refractivity contribution >= 4 is 55.7 Å². The van der Waals surface area contributed by atoms with Crippen molar-refractivity contribution in [2.45, 2.75) is 19.0 Å². The summed E-state index contributed by atoms with van der Waals surface area (Å²) in [7, 11) is -1.32. The van der Waals surface area contributed by atoms with E-state index in [4.69, 9.17) is 0 Å². The van der Waals surface area contributed by atoms with Crippen molar-refractivity contribution in [2.24, 2.45) is 4.99 Å². The van der Waals surface area contributed by atoms with Gasteiger partial charge in [0.2, 0.25) is 0 Å². The van der Waals surface area contributed by atoms with E-state index < -0.39 is 9.84 Å². The maximum Gasteiger partial charge on any atom is 0.191 e. The van der Waals surface area contributed by atoms with Crippen molar-refractivity contribution in [1.29, 1.82) is 0 Å². The van der Waals surface area contributed by atoms with Gasteiger partial charge in [0.15, 0.2) is 15.8 Å². The van der Waals surface area contributed by atoms with Crippen molar-refractivity contribution in [3.8, 4) is 0 Å². The minimum atomic E-state index is -2.93. The summed E-state index contributed by atoms with van der Waals surface area (Å²) in [6.07, 6.45) is 0.576. The lowest BCUT2D eigenvalue weighted by Gasteiger charge is -2.16. The third kappa shape index (κ3) is 5.65. The number of hydrogen-bond donors (Lipinski definition) is 2. The standard InChI is InChI=1S/C13H17BrFN3O2S.HI/c1-16-13(18-11-4-5-21(19,20)8-11)17-7-9-6-10(15)2-3-12(9)14;/h2-3,6,11H,4-5,7-8H2,1H3,(H2,16,17,18);1H. The van der Waals surface area contributed by atoms with E-state index in [2.05, 4.69) is 31.6 Å². The third-order valence-electron chi connectivity index (χ3n) is 3.25. The van der Waals surface area contributed by atoms with Gasteiger partial charge < -0.3 is 10.6 Å². The molecule has 1 unspecified atom stereocenters. The normalized spacial score (nSPS) is 20.3. The minimum Gasteiger partial charge on any atom is -0.353 e. The lowest BCUT2D eigenvalue weighted by atomic mass is 10.2. The maximum absolute atomic E-state index is 13.2. The van der Waals surface area contributed by atoms with Crippen LogP contribution >= 0.6 is 39.9 Å². The van der Waals surface area contributed by atoms with E-state index in [1.807, 2.05) is 0 Å². The number of rotatable bonds is 3. The van der Waals surface area contributed by atoms with Crippen LogP contribution in [0.2, 0.25) is 0 Å². The summed E-state index contributed by atoms with van der Waals surface area (Å²) in [5.41, 5.74) is 0.761. The zero-order valence-electron chi connectivity index (χ0n) is 12.0. The number of benzene rings is 1. The molecule has 1 aliphatic heterocycles. The summed E-state index contributed by atoms with van der Waals surface area (Å²) >= 11 is 3.36. The molecule has 22 heavy (non-hydrogen) atoms. The van der Waals surface area contributed by atoms with Crippen LogP contribution < -0.4 is 10.6 Å². The second-order valence-electron chi connectivity index (χ2n) is 4.91. The lowest BCUT2D eigenvalue weighted by molar-refractivity contribution is 0.599. The van der Waals surface area contributed by atoms with Crippen molar-refractivity contribution < 1.29 is 12.8 Å². The van der Waals surface area contributed by atoms with Gasteiger partial charge in [0.05, 0.1) is 11.5 Å². The monoisotopic (exact) mass is 505 g/mol. The predicted octanol–water partition coefficient (Wildman–Crippen LogP) is 2.06. The van der Waals surface area contributed by atoms with Crippen LogP contribution in [-0.4, -0.2) is 39.0 Å². The Labute approximate surface area is 155 Å². The first kappa shape index (κ1) is 19.6. The van der Waals surface area contributed by atoms with Gasteiger partial charge >= 0.3 is 0 Å². The van der Waals surface area contributed by atoms with Crippen molar-refractivity contribution in [1.82, 2.24) is 10.6 Å². The first-order valence-electron chi connectivity index (χ1n) is 6.51. The molecule has 9 heteroatoms. The Morgan fingerprint density at radius 3 is 2.82 bits per heavy atom. The summed E-state index contributed by atoms with van der Waals surface area (Å²) in [6.45, 7) is 0.386. The van der Waals surface area contributed by atoms with Gasteiger partial charge in [-0.3, -0.25) is 4.99 Å². The Kier molecular flexibility index (Phi) is 7.53. The molecule has 2 rings (SSSR count). The molecule has 0 aromatic heterocycles. The minimum absolute atomic E-state index is 0. The molecule has 0 aliphatic carbocycles. The van der Waals surface area contributed by atoms with Gasteiger partial charge in [-0.2, -0.15) is 0 Å². The first-order chi connectivity index (χ1) is 9.89. The lowest BCUT2D eigenvalue weighted by Crippen LogP contribution is -2.43. The molecule has 0 amide bonds. The summed E-state index contributed by atoms with van der Waals surface area (Å²) in [6, 6.07) is 4.33. The van der Waals surface area contributed by atoms with E-state index in [9.17, 15) is 12.8 Å². The number of sulfone groups is 1. The Morgan fingerprint density at radius 2 is 2.23 bits per heavy atom. The van der Waals surface area contributed by atoms with E-state index in [0.717, 1.165) is 10.0 Å². The SMILES string of the molecule is CN=C(NCc1cc(F)ccc1Br)NC1CCS(=O)(=O)C1.I. The number of guanidine groups is 1. The Morgan fingerprint density at radius 1 is 1.50 bits per heavy atom. The van der Waals surface area contributed by atoms with Crippen molar-refractivity contribution in [3.05, 3.63) is 34.1 Å². The molecule has 1 fully saturated rings. The fraction of sp³-hybridized carbons (Fsp3) is 0.462. The second kappa shape index (κ2) is 8.44. The molecule has 0 bridgehead atoms. The van der Waals surface area contributed by atoms with E-state index in [1.54, 1.807) is 13.1 Å². The summed E-state index contributed by atoms with van der Waals surface area (Å²) in [5.74, 6) is 0.530. The molecule has 1 saturated heterocycles. The van der Waals surface area contributed by atoms with Crippen molar-refractivity contribution in [3.63, 3.8) is 0 Å². The van der Waals surface area contributed by atoms with Crippen LogP contribution in [-0.2, 0) is 16.4 Å². The number of nitrogens with one attached hydrogen (secondary N) is 2. The highest BCUT2D eigenvalue weighted by atomic mass is 127. The summed E-state index contributed by atoms with van der Waals surface area (Å²) < 4.78 is 36.9. The number of halogens is 3. The molecule has 5 nitrogen and oxygen atoms in total. The van der Waals surface area contributed by atoms with E-state index in [1.165, 1.54) is 12.1 Å². The molecule has 2 N–H and O–H groups in total. The fourth-order valence-electron chi connectivity index (χ4n) is 2.15. The van der Waals surface area contributed by atoms with Crippen LogP contribution in [0.5, 0.6) is 0 Å². The van der Waals surface area contributed by atoms with Gasteiger partial charge in [0.25, 0.3) is 0 Å². The van der Waals surface area contributed by atoms with Crippen molar-refractivity contribution in [2.75, 3.05) is 18.6 Å². The Balaban J connectivity index is 0.00000242. The predicted molar refractivity (Wildman–Crippen MR) is 99.9 cm³/mol. The zero-order chi connectivity index (χ0) is 15.5. The van der Waals surface area contributed by atoms with E-state index in [-0.39, 0.29) is 47.3 Å². The highest BCUT2D eigenvalue weighted by Gasteiger charge is 2.28. The van der Waals surface area contributed by atoms with Crippen LogP contribution in [0.4, 0.5) is 4.39 Å². The molecule has 1 aromatic rings. The molecule has 0 spiro atoms. The molecule has 0 radical (unpaired) electrons. The number of hydrogen-bond acceptors (Lipinski definition) is 3. The van der Waals surface area contributed by atoms with Gasteiger partial charge in [-0.05, 0) is 30.2 Å². The molecule has 1 heterocycles. The number of nitrogens with zero attached hydrogens (tertiary/aromatic N) is 1. The Hall–Kier alpha value is -0.420. The molecule has 1 aliphatic rings. The van der Waals surface area contributed by atoms with Gasteiger partial charge in [-0.25, -0.2) is 12.8 Å². The second-order valence-corrected chi connectivity index (χ2v) is 7.99. The van der Waals surface area contributed by atoms with Gasteiger partial charge in [0.1, 0.15) is 5.82 Å². The quantitative estimate of drug-likeness (QED) is 0.375. The molecule has 124 valence electrons. The topological polar surface area (TPSA) is 70.6 Å². The molecular formula is C13H18BrFIN3O2S. The van der Waals surface area contributed by atoms with Crippen LogP contribution in [0, 0.1) is 5.82 Å². The summed E-state index contributed by atoms with van der Waals surface area (Å²) in [5, 5.41) is 6.13. The highest BCUT2D eigenvalue weighted by molar-refractivity contribution is 14.0. The van der Waals surface area contributed by atoms with Gasteiger partial charge in [0, 0.05) is 24.1 Å². The highest BCUT2D eigenvalue weighted by Crippen LogP contribution is 2.17. The van der Waals surface area contributed by atoms with Gasteiger partial charge in [-0.15, -0.1) is 24.0 Å². The maximum atomic E-state index is 13.2. The number of aliphatic imine (C=N–C) groups is 1.